The van der Waals surface area contributed by atoms with Crippen LogP contribution in [0.1, 0.15) is 0 Å². The van der Waals surface area contributed by atoms with E-state index in [-0.39, 0.29) is 4.34 Å². The molecule has 0 spiro atoms. The number of hydrogen-bond acceptors (Lipinski definition) is 9. The van der Waals surface area contributed by atoms with E-state index >= 15 is 0 Å². The lowest BCUT2D eigenvalue weighted by Gasteiger charge is -2.04. The van der Waals surface area contributed by atoms with Crippen molar-refractivity contribution in [3.8, 4) is 11.1 Å². The average Bonchev–Trinajstić information content (AvgIpc) is 3.31. The number of anilines is 2. The van der Waals surface area contributed by atoms with Crippen LogP contribution in [0.25, 0.3) is 22.2 Å². The van der Waals surface area contributed by atoms with Gasteiger partial charge in [0.25, 0.3) is 0 Å². The largest absolute Gasteiger partial charge is 0.350 e. The lowest BCUT2D eigenvalue weighted by atomic mass is 10.1. The van der Waals surface area contributed by atoms with E-state index in [0.717, 1.165) is 16.0 Å². The zero-order chi connectivity index (χ0) is 19.0. The van der Waals surface area contributed by atoms with Gasteiger partial charge in [0.2, 0.25) is 20.6 Å². The molecule has 1 amide bonds. The summed E-state index contributed by atoms with van der Waals surface area (Å²) in [5, 5.41) is 14.6. The summed E-state index contributed by atoms with van der Waals surface area (Å²) >= 11 is -1.23. The van der Waals surface area contributed by atoms with E-state index in [1.807, 2.05) is 0 Å². The fourth-order valence-corrected chi connectivity index (χ4v) is 3.38. The molecule has 4 aromatic rings. The number of amides is 1. The number of pyridine rings is 2. The second kappa shape index (κ2) is 6.79. The first-order chi connectivity index (χ1) is 13.0. The van der Waals surface area contributed by atoms with Gasteiger partial charge in [-0.3, -0.25) is 4.98 Å². The third-order valence-electron chi connectivity index (χ3n) is 3.47. The summed E-state index contributed by atoms with van der Waals surface area (Å²) < 4.78 is 21.0. The van der Waals surface area contributed by atoms with Crippen LogP contribution in [0.3, 0.4) is 0 Å². The van der Waals surface area contributed by atoms with Crippen LogP contribution in [0.15, 0.2) is 41.1 Å². The first-order valence-electron chi connectivity index (χ1n) is 7.32. The number of hydrogen-bond donors (Lipinski definition) is 3. The highest BCUT2D eigenvalue weighted by Gasteiger charge is 2.11. The number of nitrogens with zero attached hydrogens (tertiary/aromatic N) is 6. The Morgan fingerprint density at radius 1 is 1.22 bits per heavy atom. The van der Waals surface area contributed by atoms with Crippen LogP contribution in [0.5, 0.6) is 0 Å². The van der Waals surface area contributed by atoms with Gasteiger partial charge in [-0.15, -0.1) is 10.2 Å². The van der Waals surface area contributed by atoms with E-state index in [1.54, 1.807) is 24.4 Å². The molecule has 0 radical (unpaired) electrons. The lowest BCUT2D eigenvalue weighted by Crippen LogP contribution is -2.19. The monoisotopic (exact) mass is 402 g/mol. The molecule has 136 valence electrons. The summed E-state index contributed by atoms with van der Waals surface area (Å²) in [4.78, 5) is 20.0. The molecule has 0 fully saturated rings. The quantitative estimate of drug-likeness (QED) is 0.430. The lowest BCUT2D eigenvalue weighted by molar-refractivity contribution is 0.247. The average molecular weight is 402 g/mol. The van der Waals surface area contributed by atoms with E-state index in [1.165, 1.54) is 12.4 Å². The van der Waals surface area contributed by atoms with Crippen LogP contribution in [0.4, 0.5) is 15.7 Å². The molecular weight excluding hydrogens is 392 g/mol. The maximum atomic E-state index is 11.2. The van der Waals surface area contributed by atoms with Crippen molar-refractivity contribution in [1.82, 2.24) is 29.9 Å². The van der Waals surface area contributed by atoms with Crippen molar-refractivity contribution >= 4 is 50.4 Å². The summed E-state index contributed by atoms with van der Waals surface area (Å²) in [5.41, 5.74) is 7.84. The highest BCUT2D eigenvalue weighted by molar-refractivity contribution is 7.81. The molecule has 0 aromatic carbocycles. The van der Waals surface area contributed by atoms with Gasteiger partial charge in [-0.2, -0.15) is 9.78 Å². The molecule has 0 saturated carbocycles. The predicted octanol–water partition coefficient (Wildman–Crippen LogP) is 1.60. The van der Waals surface area contributed by atoms with E-state index in [0.29, 0.717) is 33.1 Å². The Labute approximate surface area is 157 Å². The zero-order valence-electron chi connectivity index (χ0n) is 13.3. The van der Waals surface area contributed by atoms with Crippen LogP contribution >= 0.6 is 11.3 Å². The van der Waals surface area contributed by atoms with Gasteiger partial charge in [0.15, 0.2) is 0 Å². The molecule has 4 N–H and O–H groups in total. The molecule has 0 bridgehead atoms. The molecule has 1 atom stereocenters. The number of primary amides is 1. The van der Waals surface area contributed by atoms with Crippen molar-refractivity contribution in [3.05, 3.63) is 36.8 Å². The number of fused-ring (bicyclic) bond motifs is 1. The van der Waals surface area contributed by atoms with E-state index in [2.05, 4.69) is 30.6 Å². The van der Waals surface area contributed by atoms with Crippen LogP contribution in [0.2, 0.25) is 0 Å². The number of nitrogens with one attached hydrogen (secondary N) is 1. The Hall–Kier alpha value is -3.29. The summed E-state index contributed by atoms with van der Waals surface area (Å²) in [6, 6.07) is 4.59. The maximum Gasteiger partial charge on any atom is 0.339 e. The van der Waals surface area contributed by atoms with Crippen molar-refractivity contribution in [2.75, 3.05) is 5.32 Å². The van der Waals surface area contributed by atoms with Crippen LogP contribution in [-0.2, 0) is 11.1 Å². The molecule has 4 heterocycles. The SMILES string of the molecule is NC(=O)n1cc(-c2cnc3ccc(Nc4nnc(S(=O)O)s4)nc3c2)cn1. The van der Waals surface area contributed by atoms with Crippen LogP contribution in [-0.4, -0.2) is 44.7 Å². The van der Waals surface area contributed by atoms with E-state index in [9.17, 15) is 9.00 Å². The molecule has 4 aromatic heterocycles. The number of carbonyl (C=O) groups is 1. The Balaban J connectivity index is 1.65. The van der Waals surface area contributed by atoms with Gasteiger partial charge in [-0.05, 0) is 18.2 Å². The van der Waals surface area contributed by atoms with Gasteiger partial charge in [-0.1, -0.05) is 11.3 Å². The smallest absolute Gasteiger partial charge is 0.339 e. The normalized spacial score (nSPS) is 12.2. The van der Waals surface area contributed by atoms with Crippen LogP contribution in [0, 0.1) is 0 Å². The third-order valence-corrected chi connectivity index (χ3v) is 5.16. The Kier molecular flexibility index (Phi) is 4.31. The second-order valence-electron chi connectivity index (χ2n) is 5.22. The molecule has 13 heteroatoms. The van der Waals surface area contributed by atoms with Crippen LogP contribution < -0.4 is 11.1 Å². The highest BCUT2D eigenvalue weighted by Crippen LogP contribution is 2.25. The summed E-state index contributed by atoms with van der Waals surface area (Å²) in [6.07, 6.45) is 4.66. The summed E-state index contributed by atoms with van der Waals surface area (Å²) in [7, 11) is 0. The number of aromatic nitrogens is 6. The standard InChI is InChI=1S/C14H10N8O3S2/c15-12(23)22-6-8(5-17-22)7-3-10-9(16-4-7)1-2-11(18-10)19-13-20-21-14(26-13)27(24)25/h1-6H,(H2,15,23)(H,24,25)(H,18,19,20). The summed E-state index contributed by atoms with van der Waals surface area (Å²) in [6.45, 7) is 0. The van der Waals surface area contributed by atoms with E-state index < -0.39 is 17.1 Å². The zero-order valence-corrected chi connectivity index (χ0v) is 14.9. The number of nitrogens with two attached hydrogens (primary N) is 1. The van der Waals surface area contributed by atoms with Gasteiger partial charge in [0.1, 0.15) is 5.82 Å². The molecule has 0 aliphatic rings. The minimum Gasteiger partial charge on any atom is -0.350 e. The molecular formula is C14H10N8O3S2. The molecule has 11 nitrogen and oxygen atoms in total. The number of rotatable bonds is 4. The van der Waals surface area contributed by atoms with Gasteiger partial charge < -0.3 is 15.6 Å². The van der Waals surface area contributed by atoms with Gasteiger partial charge >= 0.3 is 6.03 Å². The van der Waals surface area contributed by atoms with Crippen molar-refractivity contribution in [2.45, 2.75) is 4.34 Å². The topological polar surface area (TPSA) is 162 Å². The summed E-state index contributed by atoms with van der Waals surface area (Å²) in [5.74, 6) is 0.473. The van der Waals surface area contributed by atoms with Crippen molar-refractivity contribution in [1.29, 1.82) is 0 Å². The van der Waals surface area contributed by atoms with Gasteiger partial charge in [-0.25, -0.2) is 14.0 Å². The molecule has 0 aliphatic carbocycles. The van der Waals surface area contributed by atoms with Crippen molar-refractivity contribution in [3.63, 3.8) is 0 Å². The fourth-order valence-electron chi connectivity index (χ4n) is 2.27. The molecule has 0 aliphatic heterocycles. The minimum absolute atomic E-state index is 0.00583. The number of carbonyl (C=O) groups excluding carboxylic acids is 1. The molecule has 0 saturated heterocycles. The van der Waals surface area contributed by atoms with Gasteiger partial charge in [0.05, 0.1) is 17.2 Å². The highest BCUT2D eigenvalue weighted by atomic mass is 32.2. The Morgan fingerprint density at radius 3 is 2.78 bits per heavy atom. The fraction of sp³-hybridized carbons (Fsp3) is 0. The molecule has 4 rings (SSSR count). The van der Waals surface area contributed by atoms with Gasteiger partial charge in [0, 0.05) is 23.5 Å². The first-order valence-corrected chi connectivity index (χ1v) is 9.25. The van der Waals surface area contributed by atoms with Crippen molar-refractivity contribution < 1.29 is 13.6 Å². The van der Waals surface area contributed by atoms with E-state index in [4.69, 9.17) is 10.3 Å². The minimum atomic E-state index is -2.18. The first kappa shape index (κ1) is 17.1. The maximum absolute atomic E-state index is 11.2. The predicted molar refractivity (Wildman–Crippen MR) is 98.0 cm³/mol. The van der Waals surface area contributed by atoms with Crippen molar-refractivity contribution in [2.24, 2.45) is 5.73 Å². The molecule has 27 heavy (non-hydrogen) atoms. The Morgan fingerprint density at radius 2 is 2.07 bits per heavy atom. The third kappa shape index (κ3) is 3.51. The Bertz CT molecular complexity index is 1190. The second-order valence-corrected chi connectivity index (χ2v) is 7.34. The molecule has 1 unspecified atom stereocenters.